The van der Waals surface area contributed by atoms with Crippen LogP contribution < -0.4 is 10.6 Å². The maximum atomic E-state index is 12.3. The quantitative estimate of drug-likeness (QED) is 0.847. The maximum Gasteiger partial charge on any atom is 0.254 e. The Kier molecular flexibility index (Phi) is 6.18. The van der Waals surface area contributed by atoms with Crippen LogP contribution in [0, 0.1) is 5.92 Å². The largest absolute Gasteiger partial charge is 0.384 e. The van der Waals surface area contributed by atoms with Gasteiger partial charge in [-0.1, -0.05) is 6.92 Å². The summed E-state index contributed by atoms with van der Waals surface area (Å²) in [6.07, 6.45) is 6.80. The second kappa shape index (κ2) is 8.15. The van der Waals surface area contributed by atoms with Crippen molar-refractivity contribution in [2.45, 2.75) is 26.2 Å². The molecule has 0 aliphatic carbocycles. The highest BCUT2D eigenvalue weighted by molar-refractivity contribution is 7.99. The number of nitrogens with one attached hydrogen (secondary N) is 2. The average Bonchev–Trinajstić information content (AvgIpc) is 2.52. The number of aromatic nitrogens is 1. The Hall–Kier alpha value is -1.23. The molecule has 2 N–H and O–H groups in total. The average molecular weight is 293 g/mol. The lowest BCUT2D eigenvalue weighted by Gasteiger charge is -2.21. The molecular formula is C15H23N3OS. The zero-order chi connectivity index (χ0) is 14.2. The van der Waals surface area contributed by atoms with Gasteiger partial charge in [-0.2, -0.15) is 11.8 Å². The van der Waals surface area contributed by atoms with E-state index in [1.165, 1.54) is 24.3 Å². The zero-order valence-corrected chi connectivity index (χ0v) is 12.8. The van der Waals surface area contributed by atoms with Gasteiger partial charge in [-0.25, -0.2) is 0 Å². The molecule has 4 nitrogen and oxygen atoms in total. The van der Waals surface area contributed by atoms with Gasteiger partial charge in [0, 0.05) is 25.5 Å². The lowest BCUT2D eigenvalue weighted by Crippen LogP contribution is -2.31. The van der Waals surface area contributed by atoms with E-state index in [-0.39, 0.29) is 5.91 Å². The van der Waals surface area contributed by atoms with Gasteiger partial charge in [0.15, 0.2) is 0 Å². The molecule has 1 saturated heterocycles. The van der Waals surface area contributed by atoms with Crippen molar-refractivity contribution in [3.63, 3.8) is 0 Å². The van der Waals surface area contributed by atoms with Gasteiger partial charge in [0.25, 0.3) is 5.91 Å². The van der Waals surface area contributed by atoms with E-state index in [4.69, 9.17) is 0 Å². The minimum absolute atomic E-state index is 0.0186. The first-order valence-electron chi connectivity index (χ1n) is 7.35. The first-order chi connectivity index (χ1) is 9.81. The molecule has 1 fully saturated rings. The maximum absolute atomic E-state index is 12.3. The third kappa shape index (κ3) is 4.40. The SMILES string of the molecule is CCCNc1ccncc1C(=O)NCC1CCSCC1. The van der Waals surface area contributed by atoms with Gasteiger partial charge >= 0.3 is 0 Å². The number of rotatable bonds is 6. The van der Waals surface area contributed by atoms with Crippen molar-refractivity contribution < 1.29 is 4.79 Å². The number of hydrogen-bond donors (Lipinski definition) is 2. The molecule has 0 radical (unpaired) electrons. The van der Waals surface area contributed by atoms with Gasteiger partial charge in [-0.05, 0) is 42.8 Å². The van der Waals surface area contributed by atoms with E-state index in [0.29, 0.717) is 11.5 Å². The summed E-state index contributed by atoms with van der Waals surface area (Å²) < 4.78 is 0. The molecule has 0 spiro atoms. The van der Waals surface area contributed by atoms with Crippen LogP contribution in [0.25, 0.3) is 0 Å². The molecule has 5 heteroatoms. The summed E-state index contributed by atoms with van der Waals surface area (Å²) in [6.45, 7) is 3.75. The topological polar surface area (TPSA) is 54.0 Å². The van der Waals surface area contributed by atoms with E-state index in [2.05, 4.69) is 22.5 Å². The van der Waals surface area contributed by atoms with Gasteiger partial charge in [-0.15, -0.1) is 0 Å². The predicted octanol–water partition coefficient (Wildman–Crippen LogP) is 2.78. The Morgan fingerprint density at radius 1 is 1.45 bits per heavy atom. The Bertz CT molecular complexity index is 433. The van der Waals surface area contributed by atoms with Crippen molar-refractivity contribution in [1.82, 2.24) is 10.3 Å². The van der Waals surface area contributed by atoms with Gasteiger partial charge < -0.3 is 10.6 Å². The van der Waals surface area contributed by atoms with E-state index in [0.717, 1.165) is 25.2 Å². The summed E-state index contributed by atoms with van der Waals surface area (Å²) in [5.41, 5.74) is 1.52. The van der Waals surface area contributed by atoms with Crippen LogP contribution >= 0.6 is 11.8 Å². The second-order valence-electron chi connectivity index (χ2n) is 5.11. The predicted molar refractivity (Wildman–Crippen MR) is 85.4 cm³/mol. The number of amides is 1. The number of anilines is 1. The van der Waals surface area contributed by atoms with E-state index in [1.807, 2.05) is 17.8 Å². The molecule has 1 aliphatic heterocycles. The highest BCUT2D eigenvalue weighted by Gasteiger charge is 2.16. The lowest BCUT2D eigenvalue weighted by molar-refractivity contribution is 0.0947. The van der Waals surface area contributed by atoms with Crippen LogP contribution in [-0.2, 0) is 0 Å². The molecule has 0 bridgehead atoms. The van der Waals surface area contributed by atoms with Crippen LogP contribution in [0.15, 0.2) is 18.5 Å². The molecule has 1 amide bonds. The summed E-state index contributed by atoms with van der Waals surface area (Å²) >= 11 is 2.01. The molecule has 1 aromatic heterocycles. The first-order valence-corrected chi connectivity index (χ1v) is 8.50. The summed E-state index contributed by atoms with van der Waals surface area (Å²) in [6, 6.07) is 1.86. The molecule has 2 heterocycles. The standard InChI is InChI=1S/C15H23N3OS/c1-2-6-17-14-3-7-16-11-13(14)15(19)18-10-12-4-8-20-9-5-12/h3,7,11-12H,2,4-6,8-10H2,1H3,(H,16,17)(H,18,19). The van der Waals surface area contributed by atoms with Gasteiger partial charge in [0.2, 0.25) is 0 Å². The molecule has 0 atom stereocenters. The van der Waals surface area contributed by atoms with Gasteiger partial charge in [-0.3, -0.25) is 9.78 Å². The summed E-state index contributed by atoms with van der Waals surface area (Å²) in [4.78, 5) is 16.3. The fraction of sp³-hybridized carbons (Fsp3) is 0.600. The molecule has 0 saturated carbocycles. The number of carbonyl (C=O) groups is 1. The number of pyridine rings is 1. The minimum Gasteiger partial charge on any atom is -0.384 e. The molecule has 0 unspecified atom stereocenters. The third-order valence-corrected chi connectivity index (χ3v) is 4.57. The Morgan fingerprint density at radius 2 is 2.25 bits per heavy atom. The minimum atomic E-state index is -0.0186. The Balaban J connectivity index is 1.90. The van der Waals surface area contributed by atoms with Crippen molar-refractivity contribution in [1.29, 1.82) is 0 Å². The summed E-state index contributed by atoms with van der Waals surface area (Å²) in [5, 5.41) is 6.33. The zero-order valence-electron chi connectivity index (χ0n) is 12.0. The van der Waals surface area contributed by atoms with Crippen LogP contribution in [0.1, 0.15) is 36.5 Å². The number of carbonyl (C=O) groups excluding carboxylic acids is 1. The number of nitrogens with zero attached hydrogens (tertiary/aromatic N) is 1. The van der Waals surface area contributed by atoms with Crippen molar-refractivity contribution in [2.75, 3.05) is 29.9 Å². The van der Waals surface area contributed by atoms with Crippen molar-refractivity contribution in [2.24, 2.45) is 5.92 Å². The molecule has 20 heavy (non-hydrogen) atoms. The van der Waals surface area contributed by atoms with Crippen LogP contribution in [0.3, 0.4) is 0 Å². The monoisotopic (exact) mass is 293 g/mol. The smallest absolute Gasteiger partial charge is 0.254 e. The highest BCUT2D eigenvalue weighted by Crippen LogP contribution is 2.22. The van der Waals surface area contributed by atoms with E-state index < -0.39 is 0 Å². The number of hydrogen-bond acceptors (Lipinski definition) is 4. The summed E-state index contributed by atoms with van der Waals surface area (Å²) in [5.74, 6) is 3.05. The van der Waals surface area contributed by atoms with Gasteiger partial charge in [0.1, 0.15) is 0 Å². The van der Waals surface area contributed by atoms with Crippen LogP contribution in [0.2, 0.25) is 0 Å². The normalized spacial score (nSPS) is 15.8. The Morgan fingerprint density at radius 3 is 3.00 bits per heavy atom. The molecule has 1 aliphatic rings. The van der Waals surface area contributed by atoms with Gasteiger partial charge in [0.05, 0.1) is 11.3 Å². The second-order valence-corrected chi connectivity index (χ2v) is 6.34. The summed E-state index contributed by atoms with van der Waals surface area (Å²) in [7, 11) is 0. The highest BCUT2D eigenvalue weighted by atomic mass is 32.2. The van der Waals surface area contributed by atoms with Crippen LogP contribution in [-0.4, -0.2) is 35.5 Å². The fourth-order valence-electron chi connectivity index (χ4n) is 2.27. The third-order valence-electron chi connectivity index (χ3n) is 3.52. The van der Waals surface area contributed by atoms with Crippen molar-refractivity contribution in [3.8, 4) is 0 Å². The molecule has 1 aromatic rings. The van der Waals surface area contributed by atoms with E-state index in [9.17, 15) is 4.79 Å². The lowest BCUT2D eigenvalue weighted by atomic mass is 10.0. The molecular weight excluding hydrogens is 270 g/mol. The first kappa shape index (κ1) is 15.2. The van der Waals surface area contributed by atoms with Crippen LogP contribution in [0.5, 0.6) is 0 Å². The molecule has 2 rings (SSSR count). The van der Waals surface area contributed by atoms with Crippen molar-refractivity contribution >= 4 is 23.4 Å². The van der Waals surface area contributed by atoms with E-state index in [1.54, 1.807) is 12.4 Å². The molecule has 0 aromatic carbocycles. The molecule has 110 valence electrons. The fourth-order valence-corrected chi connectivity index (χ4v) is 3.48. The Labute approximate surface area is 125 Å². The number of thioether (sulfide) groups is 1. The van der Waals surface area contributed by atoms with E-state index >= 15 is 0 Å². The van der Waals surface area contributed by atoms with Crippen LogP contribution in [0.4, 0.5) is 5.69 Å². The van der Waals surface area contributed by atoms with Crippen molar-refractivity contribution in [3.05, 3.63) is 24.0 Å².